The van der Waals surface area contributed by atoms with Crippen molar-refractivity contribution in [3.63, 3.8) is 0 Å². The Morgan fingerprint density at radius 1 is 1.16 bits per heavy atom. The molecule has 0 spiro atoms. The SMILES string of the molecule is Cc1cc(-c2nc(/C=[N+](\[O-])C(C)(C)C)c[nH]2)c(C)n1-c1ccccc1. The van der Waals surface area contributed by atoms with Crippen molar-refractivity contribution in [1.29, 1.82) is 0 Å². The molecule has 5 nitrogen and oxygen atoms in total. The average molecular weight is 336 g/mol. The van der Waals surface area contributed by atoms with Crippen LogP contribution in [0.3, 0.4) is 0 Å². The van der Waals surface area contributed by atoms with Crippen molar-refractivity contribution in [1.82, 2.24) is 14.5 Å². The number of imidazole rings is 1. The zero-order valence-electron chi connectivity index (χ0n) is 15.4. The summed E-state index contributed by atoms with van der Waals surface area (Å²) in [6, 6.07) is 12.4. The monoisotopic (exact) mass is 336 g/mol. The van der Waals surface area contributed by atoms with Crippen molar-refractivity contribution in [3.8, 4) is 17.1 Å². The van der Waals surface area contributed by atoms with E-state index in [0.29, 0.717) is 5.69 Å². The fourth-order valence-corrected chi connectivity index (χ4v) is 2.83. The summed E-state index contributed by atoms with van der Waals surface area (Å²) in [5, 5.41) is 12.1. The first kappa shape index (κ1) is 17.0. The molecule has 130 valence electrons. The van der Waals surface area contributed by atoms with E-state index < -0.39 is 5.54 Å². The molecule has 1 aromatic carbocycles. The molecule has 0 amide bonds. The van der Waals surface area contributed by atoms with Crippen molar-refractivity contribution in [2.75, 3.05) is 0 Å². The van der Waals surface area contributed by atoms with Crippen molar-refractivity contribution in [3.05, 3.63) is 64.9 Å². The summed E-state index contributed by atoms with van der Waals surface area (Å²) in [7, 11) is 0. The van der Waals surface area contributed by atoms with Crippen molar-refractivity contribution < 1.29 is 4.74 Å². The summed E-state index contributed by atoms with van der Waals surface area (Å²) in [4.78, 5) is 7.77. The first-order valence-electron chi connectivity index (χ1n) is 8.39. The number of aryl methyl sites for hydroxylation is 1. The van der Waals surface area contributed by atoms with E-state index in [-0.39, 0.29) is 0 Å². The number of hydrogen-bond acceptors (Lipinski definition) is 2. The quantitative estimate of drug-likeness (QED) is 0.337. The third-order valence-electron chi connectivity index (χ3n) is 4.21. The molecule has 0 bridgehead atoms. The Kier molecular flexibility index (Phi) is 4.25. The average Bonchev–Trinajstić information content (AvgIpc) is 3.11. The van der Waals surface area contributed by atoms with Gasteiger partial charge in [-0.05, 0) is 32.0 Å². The molecule has 3 rings (SSSR count). The Bertz CT molecular complexity index is 911. The lowest BCUT2D eigenvalue weighted by Gasteiger charge is -2.17. The minimum atomic E-state index is -0.484. The molecule has 0 saturated carbocycles. The summed E-state index contributed by atoms with van der Waals surface area (Å²) in [5.74, 6) is 0.767. The molecule has 1 N–H and O–H groups in total. The van der Waals surface area contributed by atoms with Gasteiger partial charge in [-0.2, -0.15) is 0 Å². The van der Waals surface area contributed by atoms with Gasteiger partial charge in [0, 0.05) is 49.6 Å². The molecule has 0 aliphatic heterocycles. The van der Waals surface area contributed by atoms with Crippen LogP contribution < -0.4 is 0 Å². The Morgan fingerprint density at radius 3 is 2.48 bits per heavy atom. The van der Waals surface area contributed by atoms with E-state index in [1.54, 1.807) is 6.20 Å². The number of H-pyrrole nitrogens is 1. The third-order valence-corrected chi connectivity index (χ3v) is 4.21. The van der Waals surface area contributed by atoms with Gasteiger partial charge >= 0.3 is 0 Å². The molecule has 0 saturated heterocycles. The molecule has 25 heavy (non-hydrogen) atoms. The van der Waals surface area contributed by atoms with Crippen LogP contribution in [-0.4, -0.2) is 31.0 Å². The van der Waals surface area contributed by atoms with Crippen LogP contribution in [0.25, 0.3) is 17.1 Å². The van der Waals surface area contributed by atoms with Crippen LogP contribution >= 0.6 is 0 Å². The van der Waals surface area contributed by atoms with Crippen LogP contribution in [0.4, 0.5) is 0 Å². The summed E-state index contributed by atoms with van der Waals surface area (Å²) < 4.78 is 3.14. The Morgan fingerprint density at radius 2 is 1.84 bits per heavy atom. The predicted octanol–water partition coefficient (Wildman–Crippen LogP) is 4.21. The van der Waals surface area contributed by atoms with Gasteiger partial charge in [-0.25, -0.2) is 9.72 Å². The lowest BCUT2D eigenvalue weighted by atomic mass is 10.1. The van der Waals surface area contributed by atoms with Crippen molar-refractivity contribution in [2.45, 2.75) is 40.2 Å². The molecule has 0 aliphatic carbocycles. The third kappa shape index (κ3) is 3.36. The molecule has 0 aliphatic rings. The van der Waals surface area contributed by atoms with Gasteiger partial charge in [0.25, 0.3) is 0 Å². The predicted molar refractivity (Wildman–Crippen MR) is 101 cm³/mol. The second-order valence-corrected chi connectivity index (χ2v) is 7.26. The Balaban J connectivity index is 2.00. The number of nitrogens with zero attached hydrogens (tertiary/aromatic N) is 3. The number of para-hydroxylation sites is 1. The number of rotatable bonds is 3. The smallest absolute Gasteiger partial charge is 0.202 e. The molecule has 5 heteroatoms. The molecule has 0 radical (unpaired) electrons. The van der Waals surface area contributed by atoms with E-state index in [1.807, 2.05) is 39.0 Å². The fraction of sp³-hybridized carbons (Fsp3) is 0.300. The van der Waals surface area contributed by atoms with Crippen LogP contribution in [-0.2, 0) is 0 Å². The van der Waals surface area contributed by atoms with Gasteiger partial charge in [0.1, 0.15) is 11.5 Å². The highest BCUT2D eigenvalue weighted by molar-refractivity contribution is 5.75. The molecule has 3 aromatic rings. The van der Waals surface area contributed by atoms with Gasteiger partial charge in [0.05, 0.1) is 0 Å². The van der Waals surface area contributed by atoms with E-state index in [0.717, 1.165) is 33.2 Å². The van der Waals surface area contributed by atoms with E-state index in [2.05, 4.69) is 46.6 Å². The van der Waals surface area contributed by atoms with E-state index in [4.69, 9.17) is 0 Å². The number of aromatic nitrogens is 3. The number of hydroxylamine groups is 1. The first-order valence-corrected chi connectivity index (χ1v) is 8.39. The zero-order chi connectivity index (χ0) is 18.2. The zero-order valence-corrected chi connectivity index (χ0v) is 15.4. The first-order chi connectivity index (χ1) is 11.8. The number of hydrogen-bond donors (Lipinski definition) is 1. The number of nitrogens with one attached hydrogen (secondary N) is 1. The molecule has 2 aromatic heterocycles. The molecule has 2 heterocycles. The molecule has 0 unspecified atom stereocenters. The normalized spacial score (nSPS) is 12.6. The van der Waals surface area contributed by atoms with Gasteiger partial charge in [0.2, 0.25) is 6.21 Å². The van der Waals surface area contributed by atoms with E-state index in [1.165, 1.54) is 6.21 Å². The number of benzene rings is 1. The molecular formula is C20H24N4O. The maximum absolute atomic E-state index is 12.1. The van der Waals surface area contributed by atoms with Crippen LogP contribution in [0.15, 0.2) is 42.6 Å². The van der Waals surface area contributed by atoms with E-state index >= 15 is 0 Å². The highest BCUT2D eigenvalue weighted by Crippen LogP contribution is 2.27. The second kappa shape index (κ2) is 6.24. The summed E-state index contributed by atoms with van der Waals surface area (Å²) >= 11 is 0. The van der Waals surface area contributed by atoms with Gasteiger partial charge in [-0.15, -0.1) is 0 Å². The van der Waals surface area contributed by atoms with Gasteiger partial charge in [-0.1, -0.05) is 18.2 Å². The highest BCUT2D eigenvalue weighted by atomic mass is 16.5. The molecular weight excluding hydrogens is 312 g/mol. The molecule has 0 fully saturated rings. The summed E-state index contributed by atoms with van der Waals surface area (Å²) in [6.45, 7) is 9.78. The fourth-order valence-electron chi connectivity index (χ4n) is 2.83. The van der Waals surface area contributed by atoms with Crippen molar-refractivity contribution >= 4 is 6.21 Å². The highest BCUT2D eigenvalue weighted by Gasteiger charge is 2.19. The van der Waals surface area contributed by atoms with Gasteiger partial charge < -0.3 is 14.8 Å². The lowest BCUT2D eigenvalue weighted by molar-refractivity contribution is -0.530. The van der Waals surface area contributed by atoms with Gasteiger partial charge in [-0.3, -0.25) is 0 Å². The van der Waals surface area contributed by atoms with Crippen LogP contribution in [0.1, 0.15) is 37.9 Å². The van der Waals surface area contributed by atoms with Crippen LogP contribution in [0, 0.1) is 19.1 Å². The topological polar surface area (TPSA) is 59.7 Å². The second-order valence-electron chi connectivity index (χ2n) is 7.26. The maximum atomic E-state index is 12.1. The van der Waals surface area contributed by atoms with Crippen molar-refractivity contribution in [2.24, 2.45) is 0 Å². The Labute approximate surface area is 148 Å². The lowest BCUT2D eigenvalue weighted by Crippen LogP contribution is -2.29. The standard InChI is InChI=1S/C20H24N4O/c1-14-11-18(15(2)24(14)17-9-7-6-8-10-17)19-21-12-16(22-19)13-23(25)20(3,4)5/h6-13H,1-5H3,(H,21,22)/b23-13-. The van der Waals surface area contributed by atoms with Crippen LogP contribution in [0.5, 0.6) is 0 Å². The minimum Gasteiger partial charge on any atom is -0.623 e. The largest absolute Gasteiger partial charge is 0.623 e. The number of aromatic amines is 1. The van der Waals surface area contributed by atoms with Gasteiger partial charge in [0.15, 0.2) is 5.54 Å². The summed E-state index contributed by atoms with van der Waals surface area (Å²) in [6.07, 6.45) is 3.29. The minimum absolute atomic E-state index is 0.484. The maximum Gasteiger partial charge on any atom is 0.202 e. The van der Waals surface area contributed by atoms with Crippen LogP contribution in [0.2, 0.25) is 0 Å². The molecule has 0 atom stereocenters. The Hall–Kier alpha value is -2.82. The summed E-state index contributed by atoms with van der Waals surface area (Å²) in [5.41, 5.74) is 4.56. The van der Waals surface area contributed by atoms with E-state index in [9.17, 15) is 5.21 Å².